The number of likely N-dealkylation sites (N-methyl/N-ethyl adjacent to an activating group) is 1. The van der Waals surface area contributed by atoms with Crippen LogP contribution in [-0.2, 0) is 4.74 Å². The molecule has 0 fully saturated rings. The van der Waals surface area contributed by atoms with Gasteiger partial charge in [0.15, 0.2) is 0 Å². The summed E-state index contributed by atoms with van der Waals surface area (Å²) >= 11 is 0. The van der Waals surface area contributed by atoms with Gasteiger partial charge in [-0.1, -0.05) is 13.8 Å². The van der Waals surface area contributed by atoms with E-state index in [4.69, 9.17) is 10.3 Å². The summed E-state index contributed by atoms with van der Waals surface area (Å²) in [7, 11) is 0. The molecule has 16 heavy (non-hydrogen) atoms. The zero-order chi connectivity index (χ0) is 12.0. The molecule has 1 unspecified atom stereocenters. The molecule has 4 nitrogen and oxygen atoms in total. The van der Waals surface area contributed by atoms with Crippen LogP contribution in [0.15, 0.2) is 24.0 Å². The Morgan fingerprint density at radius 1 is 1.31 bits per heavy atom. The van der Waals surface area contributed by atoms with Crippen LogP contribution in [-0.4, -0.2) is 41.1 Å². The molecule has 0 saturated heterocycles. The van der Waals surface area contributed by atoms with Crippen molar-refractivity contribution in [3.05, 3.63) is 29.5 Å². The van der Waals surface area contributed by atoms with Gasteiger partial charge in [0, 0.05) is 6.08 Å². The molecule has 0 saturated carbocycles. The van der Waals surface area contributed by atoms with Crippen molar-refractivity contribution in [2.75, 3.05) is 19.7 Å². The zero-order valence-corrected chi connectivity index (χ0v) is 10.2. The molecule has 0 spiro atoms. The lowest BCUT2D eigenvalue weighted by atomic mass is 10.0. The molecule has 88 valence electrons. The molecule has 0 aromatic heterocycles. The highest BCUT2D eigenvalue weighted by molar-refractivity contribution is 5.97. The van der Waals surface area contributed by atoms with Crippen molar-refractivity contribution >= 4 is 5.71 Å². The van der Waals surface area contributed by atoms with E-state index in [1.807, 2.05) is 19.1 Å². The minimum atomic E-state index is 0.00606. The van der Waals surface area contributed by atoms with Gasteiger partial charge in [-0.3, -0.25) is 4.90 Å². The molecule has 0 aliphatic heterocycles. The predicted octanol–water partition coefficient (Wildman–Crippen LogP) is 1.86. The number of nitrogens with zero attached hydrogens (tertiary/aromatic N) is 3. The Balaban J connectivity index is 2.92. The van der Waals surface area contributed by atoms with E-state index >= 15 is 0 Å². The molecule has 0 radical (unpaired) electrons. The Morgan fingerprint density at radius 2 is 2.00 bits per heavy atom. The SMILES string of the molecule is CCOC1=CC(N(CC)CC)C(=[N+]=[N-])C=C1. The van der Waals surface area contributed by atoms with Gasteiger partial charge < -0.3 is 10.3 Å². The fraction of sp³-hybridized carbons (Fsp3) is 0.583. The van der Waals surface area contributed by atoms with Crippen molar-refractivity contribution in [2.24, 2.45) is 0 Å². The number of allylic oxidation sites excluding steroid dienone is 1. The molecule has 4 heteroatoms. The minimum Gasteiger partial charge on any atom is -0.494 e. The largest absolute Gasteiger partial charge is 0.494 e. The van der Waals surface area contributed by atoms with Crippen molar-refractivity contribution in [2.45, 2.75) is 26.8 Å². The number of hydrogen-bond donors (Lipinski definition) is 0. The van der Waals surface area contributed by atoms with Crippen molar-refractivity contribution in [3.8, 4) is 0 Å². The summed E-state index contributed by atoms with van der Waals surface area (Å²) in [6.45, 7) is 8.59. The first-order chi connectivity index (χ1) is 7.76. The molecular formula is C12H19N3O. The average molecular weight is 221 g/mol. The second kappa shape index (κ2) is 6.26. The first kappa shape index (κ1) is 12.7. The molecule has 0 aromatic carbocycles. The Bertz CT molecular complexity index is 336. The van der Waals surface area contributed by atoms with Gasteiger partial charge in [-0.15, -0.1) is 0 Å². The topological polar surface area (TPSA) is 48.9 Å². The lowest BCUT2D eigenvalue weighted by Gasteiger charge is -2.25. The molecule has 0 heterocycles. The maximum absolute atomic E-state index is 8.96. The maximum Gasteiger partial charge on any atom is 0.313 e. The highest BCUT2D eigenvalue weighted by Gasteiger charge is 2.27. The number of hydrogen-bond acceptors (Lipinski definition) is 2. The monoisotopic (exact) mass is 221 g/mol. The lowest BCUT2D eigenvalue weighted by molar-refractivity contribution is -0.0121. The average Bonchev–Trinajstić information content (AvgIpc) is 2.31. The van der Waals surface area contributed by atoms with Crippen LogP contribution in [0.1, 0.15) is 20.8 Å². The Labute approximate surface area is 96.8 Å². The van der Waals surface area contributed by atoms with E-state index in [1.54, 1.807) is 6.08 Å². The van der Waals surface area contributed by atoms with Gasteiger partial charge in [0.25, 0.3) is 0 Å². The predicted molar refractivity (Wildman–Crippen MR) is 64.2 cm³/mol. The van der Waals surface area contributed by atoms with E-state index in [2.05, 4.69) is 23.5 Å². The normalized spacial score (nSPS) is 19.6. The van der Waals surface area contributed by atoms with Crippen LogP contribution in [0, 0.1) is 0 Å². The van der Waals surface area contributed by atoms with E-state index in [0.29, 0.717) is 12.3 Å². The maximum atomic E-state index is 8.96. The summed E-state index contributed by atoms with van der Waals surface area (Å²) in [4.78, 5) is 5.53. The van der Waals surface area contributed by atoms with Crippen molar-refractivity contribution in [1.82, 2.24) is 4.90 Å². The van der Waals surface area contributed by atoms with E-state index in [9.17, 15) is 0 Å². The first-order valence-corrected chi connectivity index (χ1v) is 5.75. The van der Waals surface area contributed by atoms with Crippen molar-refractivity contribution < 1.29 is 9.53 Å². The summed E-state index contributed by atoms with van der Waals surface area (Å²) in [5, 5.41) is 0. The molecule has 0 amide bonds. The van der Waals surface area contributed by atoms with Gasteiger partial charge in [-0.25, -0.2) is 0 Å². The quantitative estimate of drug-likeness (QED) is 0.525. The molecule has 1 atom stereocenters. The number of rotatable bonds is 5. The second-order valence-corrected chi connectivity index (χ2v) is 3.53. The van der Waals surface area contributed by atoms with Gasteiger partial charge in [-0.05, 0) is 32.2 Å². The van der Waals surface area contributed by atoms with Crippen LogP contribution in [0.3, 0.4) is 0 Å². The molecule has 0 N–H and O–H groups in total. The van der Waals surface area contributed by atoms with Crippen LogP contribution in [0.4, 0.5) is 0 Å². The van der Waals surface area contributed by atoms with Gasteiger partial charge in [0.05, 0.1) is 6.61 Å². The van der Waals surface area contributed by atoms with Crippen LogP contribution in [0.2, 0.25) is 0 Å². The van der Waals surface area contributed by atoms with Gasteiger partial charge >= 0.3 is 5.71 Å². The summed E-state index contributed by atoms with van der Waals surface area (Å²) in [6, 6.07) is 0.00606. The second-order valence-electron chi connectivity index (χ2n) is 3.53. The minimum absolute atomic E-state index is 0.00606. The van der Waals surface area contributed by atoms with Crippen molar-refractivity contribution in [1.29, 1.82) is 0 Å². The smallest absolute Gasteiger partial charge is 0.313 e. The highest BCUT2D eigenvalue weighted by Crippen LogP contribution is 2.14. The third kappa shape index (κ3) is 2.81. The van der Waals surface area contributed by atoms with Crippen LogP contribution in [0.25, 0.3) is 5.53 Å². The van der Waals surface area contributed by atoms with Gasteiger partial charge in [0.2, 0.25) is 0 Å². The Hall–Kier alpha value is -1.38. The fourth-order valence-corrected chi connectivity index (χ4v) is 1.83. The molecule has 0 aromatic rings. The zero-order valence-electron chi connectivity index (χ0n) is 10.2. The highest BCUT2D eigenvalue weighted by atomic mass is 16.5. The van der Waals surface area contributed by atoms with Crippen LogP contribution >= 0.6 is 0 Å². The van der Waals surface area contributed by atoms with Gasteiger partial charge in [-0.2, -0.15) is 4.79 Å². The fourth-order valence-electron chi connectivity index (χ4n) is 1.83. The summed E-state index contributed by atoms with van der Waals surface area (Å²) < 4.78 is 5.46. The van der Waals surface area contributed by atoms with E-state index < -0.39 is 0 Å². The van der Waals surface area contributed by atoms with E-state index in [0.717, 1.165) is 18.8 Å². The molecular weight excluding hydrogens is 202 g/mol. The Morgan fingerprint density at radius 3 is 2.50 bits per heavy atom. The summed E-state index contributed by atoms with van der Waals surface area (Å²) in [5.41, 5.74) is 9.62. The standard InChI is InChI=1S/C12H19N3O/c1-4-15(5-2)12-9-10(16-6-3)7-8-11(12)14-13/h7-9,12H,4-6H2,1-3H3. The third-order valence-electron chi connectivity index (χ3n) is 2.68. The van der Waals surface area contributed by atoms with Crippen molar-refractivity contribution in [3.63, 3.8) is 0 Å². The molecule has 0 bridgehead atoms. The molecule has 1 aliphatic carbocycles. The molecule has 1 aliphatic rings. The first-order valence-electron chi connectivity index (χ1n) is 5.75. The Kier molecular flexibility index (Phi) is 4.96. The van der Waals surface area contributed by atoms with E-state index in [1.165, 1.54) is 0 Å². The molecule has 1 rings (SSSR count). The van der Waals surface area contributed by atoms with Crippen LogP contribution in [0.5, 0.6) is 0 Å². The lowest BCUT2D eigenvalue weighted by Crippen LogP contribution is -2.40. The van der Waals surface area contributed by atoms with Gasteiger partial charge in [0.1, 0.15) is 11.8 Å². The summed E-state index contributed by atoms with van der Waals surface area (Å²) in [6.07, 6.45) is 5.62. The van der Waals surface area contributed by atoms with E-state index in [-0.39, 0.29) is 6.04 Å². The summed E-state index contributed by atoms with van der Waals surface area (Å²) in [5.74, 6) is 0.840. The third-order valence-corrected chi connectivity index (χ3v) is 2.68. The van der Waals surface area contributed by atoms with Crippen LogP contribution < -0.4 is 0 Å². The number of ether oxygens (including phenoxy) is 1.